The Morgan fingerprint density at radius 1 is 1.17 bits per heavy atom. The fourth-order valence-corrected chi connectivity index (χ4v) is 1.12. The van der Waals surface area contributed by atoms with E-state index in [1.54, 1.807) is 0 Å². The van der Waals surface area contributed by atoms with Crippen LogP contribution in [0.3, 0.4) is 0 Å². The summed E-state index contributed by atoms with van der Waals surface area (Å²) in [5.74, 6) is 0. The summed E-state index contributed by atoms with van der Waals surface area (Å²) in [6.45, 7) is 2.11. The van der Waals surface area contributed by atoms with Gasteiger partial charge in [0.15, 0.2) is 0 Å². The van der Waals surface area contributed by atoms with Crippen LogP contribution in [0, 0.1) is 0 Å². The zero-order chi connectivity index (χ0) is 9.40. The van der Waals surface area contributed by atoms with Crippen molar-refractivity contribution in [2.24, 2.45) is 0 Å². The predicted molar refractivity (Wildman–Crippen MR) is 49.8 cm³/mol. The van der Waals surface area contributed by atoms with Crippen LogP contribution in [0.15, 0.2) is 0 Å². The van der Waals surface area contributed by atoms with Gasteiger partial charge in [0.05, 0.1) is 6.10 Å². The van der Waals surface area contributed by atoms with Gasteiger partial charge >= 0.3 is 7.12 Å². The number of rotatable bonds is 7. The number of hydrogen-bond acceptors (Lipinski definition) is 3. The predicted octanol–water partition coefficient (Wildman–Crippen LogP) is 0.790. The Balaban J connectivity index is 3.15. The molecule has 1 unspecified atom stereocenters. The van der Waals surface area contributed by atoms with Gasteiger partial charge in [-0.05, 0) is 19.2 Å². The molecular weight excluding hydrogens is 155 g/mol. The van der Waals surface area contributed by atoms with Crippen LogP contribution in [0.25, 0.3) is 0 Å². The van der Waals surface area contributed by atoms with E-state index < -0.39 is 7.12 Å². The highest BCUT2D eigenvalue weighted by Crippen LogP contribution is 2.08. The van der Waals surface area contributed by atoms with Gasteiger partial charge in [0.1, 0.15) is 0 Å². The summed E-state index contributed by atoms with van der Waals surface area (Å²) in [4.78, 5) is 0. The standard InChI is InChI=1S/C8H19BO3/c1-2-3-4-5-8(10)6-7-9(11)12/h8,10-12H,2-7H2,1H3. The zero-order valence-corrected chi connectivity index (χ0v) is 7.74. The quantitative estimate of drug-likeness (QED) is 0.395. The molecule has 0 rings (SSSR count). The first kappa shape index (κ1) is 11.9. The first-order valence-electron chi connectivity index (χ1n) is 4.71. The fourth-order valence-electron chi connectivity index (χ4n) is 1.12. The molecule has 0 amide bonds. The average molecular weight is 174 g/mol. The highest BCUT2D eigenvalue weighted by Gasteiger charge is 2.10. The molecule has 1 atom stereocenters. The first-order valence-corrected chi connectivity index (χ1v) is 4.71. The van der Waals surface area contributed by atoms with Crippen LogP contribution in [-0.4, -0.2) is 28.4 Å². The van der Waals surface area contributed by atoms with Gasteiger partial charge in [-0.15, -0.1) is 0 Å². The summed E-state index contributed by atoms with van der Waals surface area (Å²) in [6, 6.07) is 0. The number of aliphatic hydroxyl groups is 1. The molecule has 4 heteroatoms. The highest BCUT2D eigenvalue weighted by molar-refractivity contribution is 6.40. The molecule has 0 aromatic heterocycles. The summed E-state index contributed by atoms with van der Waals surface area (Å²) in [6.07, 6.45) is 4.49. The monoisotopic (exact) mass is 174 g/mol. The lowest BCUT2D eigenvalue weighted by molar-refractivity contribution is 0.154. The second-order valence-corrected chi connectivity index (χ2v) is 3.21. The molecule has 0 aliphatic heterocycles. The van der Waals surface area contributed by atoms with Crippen molar-refractivity contribution in [3.8, 4) is 0 Å². The van der Waals surface area contributed by atoms with Crippen molar-refractivity contribution in [3.63, 3.8) is 0 Å². The zero-order valence-electron chi connectivity index (χ0n) is 7.74. The van der Waals surface area contributed by atoms with Crippen LogP contribution < -0.4 is 0 Å². The van der Waals surface area contributed by atoms with Crippen LogP contribution in [0.4, 0.5) is 0 Å². The van der Waals surface area contributed by atoms with Crippen molar-refractivity contribution in [3.05, 3.63) is 0 Å². The van der Waals surface area contributed by atoms with Crippen molar-refractivity contribution < 1.29 is 15.2 Å². The van der Waals surface area contributed by atoms with E-state index in [4.69, 9.17) is 10.0 Å². The molecule has 0 fully saturated rings. The maximum absolute atomic E-state index is 9.30. The van der Waals surface area contributed by atoms with Crippen LogP contribution in [0.1, 0.15) is 39.0 Å². The molecule has 0 aliphatic rings. The van der Waals surface area contributed by atoms with Gasteiger partial charge < -0.3 is 15.2 Å². The summed E-state index contributed by atoms with van der Waals surface area (Å²) < 4.78 is 0. The van der Waals surface area contributed by atoms with Gasteiger partial charge in [-0.1, -0.05) is 26.2 Å². The molecule has 0 saturated heterocycles. The first-order chi connectivity index (χ1) is 5.66. The van der Waals surface area contributed by atoms with Crippen LogP contribution in [0.5, 0.6) is 0 Å². The van der Waals surface area contributed by atoms with Crippen LogP contribution in [0.2, 0.25) is 6.32 Å². The SMILES string of the molecule is CCCCCC(O)CCB(O)O. The molecule has 3 N–H and O–H groups in total. The molecule has 0 saturated carbocycles. The largest absolute Gasteiger partial charge is 0.451 e. The molecule has 0 heterocycles. The van der Waals surface area contributed by atoms with E-state index in [1.807, 2.05) is 0 Å². The summed E-state index contributed by atoms with van der Waals surface area (Å²) in [5.41, 5.74) is 0. The topological polar surface area (TPSA) is 60.7 Å². The van der Waals surface area contributed by atoms with E-state index in [-0.39, 0.29) is 12.4 Å². The summed E-state index contributed by atoms with van der Waals surface area (Å²) >= 11 is 0. The molecule has 3 nitrogen and oxygen atoms in total. The van der Waals surface area contributed by atoms with Gasteiger partial charge in [0.2, 0.25) is 0 Å². The lowest BCUT2D eigenvalue weighted by Gasteiger charge is -2.08. The number of hydrogen-bond donors (Lipinski definition) is 3. The second kappa shape index (κ2) is 7.59. The minimum absolute atomic E-state index is 0.271. The Bertz CT molecular complexity index is 98.3. The molecule has 0 spiro atoms. The lowest BCUT2D eigenvalue weighted by Crippen LogP contribution is -2.15. The maximum atomic E-state index is 9.30. The summed E-state index contributed by atoms with van der Waals surface area (Å²) in [7, 11) is -1.27. The Hall–Kier alpha value is -0.0551. The van der Waals surface area contributed by atoms with Gasteiger partial charge in [0.25, 0.3) is 0 Å². The molecule has 0 radical (unpaired) electrons. The van der Waals surface area contributed by atoms with Crippen molar-refractivity contribution in [1.29, 1.82) is 0 Å². The van der Waals surface area contributed by atoms with Crippen molar-refractivity contribution in [1.82, 2.24) is 0 Å². The van der Waals surface area contributed by atoms with Crippen molar-refractivity contribution in [2.45, 2.75) is 51.5 Å². The minimum Gasteiger partial charge on any atom is -0.427 e. The van der Waals surface area contributed by atoms with Gasteiger partial charge in [-0.25, -0.2) is 0 Å². The third kappa shape index (κ3) is 8.05. The smallest absolute Gasteiger partial charge is 0.427 e. The third-order valence-electron chi connectivity index (χ3n) is 1.90. The van der Waals surface area contributed by atoms with E-state index >= 15 is 0 Å². The maximum Gasteiger partial charge on any atom is 0.451 e. The number of unbranched alkanes of at least 4 members (excludes halogenated alkanes) is 2. The van der Waals surface area contributed by atoms with E-state index in [9.17, 15) is 5.11 Å². The van der Waals surface area contributed by atoms with E-state index in [1.165, 1.54) is 0 Å². The Morgan fingerprint density at radius 3 is 2.33 bits per heavy atom. The van der Waals surface area contributed by atoms with Crippen molar-refractivity contribution >= 4 is 7.12 Å². The van der Waals surface area contributed by atoms with Gasteiger partial charge in [-0.2, -0.15) is 0 Å². The Morgan fingerprint density at radius 2 is 1.83 bits per heavy atom. The van der Waals surface area contributed by atoms with Crippen molar-refractivity contribution in [2.75, 3.05) is 0 Å². The average Bonchev–Trinajstić information content (AvgIpc) is 2.01. The molecule has 0 aromatic rings. The second-order valence-electron chi connectivity index (χ2n) is 3.21. The number of aliphatic hydroxyl groups excluding tert-OH is 1. The van der Waals surface area contributed by atoms with Gasteiger partial charge in [-0.3, -0.25) is 0 Å². The molecule has 72 valence electrons. The molecular formula is C8H19BO3. The Kier molecular flexibility index (Phi) is 7.55. The lowest BCUT2D eigenvalue weighted by atomic mass is 9.82. The van der Waals surface area contributed by atoms with E-state index in [2.05, 4.69) is 6.92 Å². The summed E-state index contributed by atoms with van der Waals surface area (Å²) in [5, 5.41) is 26.3. The molecule has 0 aliphatic carbocycles. The van der Waals surface area contributed by atoms with Gasteiger partial charge in [0, 0.05) is 0 Å². The molecule has 12 heavy (non-hydrogen) atoms. The van der Waals surface area contributed by atoms with E-state index in [0.717, 1.165) is 25.7 Å². The molecule has 0 bridgehead atoms. The fraction of sp³-hybridized carbons (Fsp3) is 1.00. The Labute approximate surface area is 74.6 Å². The van der Waals surface area contributed by atoms with Crippen LogP contribution in [-0.2, 0) is 0 Å². The minimum atomic E-state index is -1.27. The molecule has 0 aromatic carbocycles. The highest BCUT2D eigenvalue weighted by atomic mass is 16.4. The van der Waals surface area contributed by atoms with E-state index in [0.29, 0.717) is 6.42 Å². The third-order valence-corrected chi connectivity index (χ3v) is 1.90. The van der Waals surface area contributed by atoms with Crippen LogP contribution >= 0.6 is 0 Å². The normalized spacial score (nSPS) is 13.0.